The number of methoxy groups -OCH3 is 1. The van der Waals surface area contributed by atoms with Crippen molar-refractivity contribution in [2.75, 3.05) is 19.5 Å². The summed E-state index contributed by atoms with van der Waals surface area (Å²) in [5.41, 5.74) is 6.73. The van der Waals surface area contributed by atoms with Gasteiger partial charge in [0.2, 0.25) is 0 Å². The Hall–Kier alpha value is -1.16. The maximum atomic E-state index is 5.74. The summed E-state index contributed by atoms with van der Waals surface area (Å²) in [5, 5.41) is 0. The van der Waals surface area contributed by atoms with Gasteiger partial charge in [-0.25, -0.2) is 9.97 Å². The van der Waals surface area contributed by atoms with Gasteiger partial charge in [0.05, 0.1) is 6.61 Å². The molecule has 0 aliphatic carbocycles. The first-order chi connectivity index (χ1) is 7.04. The second-order valence-electron chi connectivity index (χ2n) is 4.09. The fraction of sp³-hybridized carbons (Fsp3) is 0.636. The number of hydrogen-bond acceptors (Lipinski definition) is 4. The van der Waals surface area contributed by atoms with E-state index in [-0.39, 0.29) is 5.92 Å². The SMILES string of the molecule is COCC(C)c1nc(N)cc(C(C)C)n1. The zero-order valence-corrected chi connectivity index (χ0v) is 9.82. The summed E-state index contributed by atoms with van der Waals surface area (Å²) in [7, 11) is 1.67. The lowest BCUT2D eigenvalue weighted by atomic mass is 10.1. The van der Waals surface area contributed by atoms with Crippen molar-refractivity contribution in [3.63, 3.8) is 0 Å². The zero-order valence-electron chi connectivity index (χ0n) is 9.82. The van der Waals surface area contributed by atoms with E-state index in [9.17, 15) is 0 Å². The van der Waals surface area contributed by atoms with Crippen LogP contribution in [0, 0.1) is 0 Å². The number of ether oxygens (including phenoxy) is 1. The molecule has 0 saturated heterocycles. The van der Waals surface area contributed by atoms with Gasteiger partial charge in [0, 0.05) is 24.8 Å². The molecule has 0 saturated carbocycles. The third-order valence-electron chi connectivity index (χ3n) is 2.23. The van der Waals surface area contributed by atoms with Crippen LogP contribution < -0.4 is 5.73 Å². The Morgan fingerprint density at radius 2 is 2.00 bits per heavy atom. The molecule has 4 heteroatoms. The first-order valence-electron chi connectivity index (χ1n) is 5.18. The summed E-state index contributed by atoms with van der Waals surface area (Å²) in [6, 6.07) is 1.83. The number of rotatable bonds is 4. The van der Waals surface area contributed by atoms with Crippen molar-refractivity contribution in [2.45, 2.75) is 32.6 Å². The lowest BCUT2D eigenvalue weighted by Gasteiger charge is -2.12. The minimum absolute atomic E-state index is 0.177. The maximum Gasteiger partial charge on any atom is 0.136 e. The van der Waals surface area contributed by atoms with Crippen LogP contribution in [0.25, 0.3) is 0 Å². The maximum absolute atomic E-state index is 5.74. The molecule has 1 unspecified atom stereocenters. The highest BCUT2D eigenvalue weighted by molar-refractivity contribution is 5.31. The van der Waals surface area contributed by atoms with Crippen LogP contribution in [-0.4, -0.2) is 23.7 Å². The van der Waals surface area contributed by atoms with Crippen LogP contribution in [-0.2, 0) is 4.74 Å². The smallest absolute Gasteiger partial charge is 0.136 e. The topological polar surface area (TPSA) is 61.0 Å². The van der Waals surface area contributed by atoms with Crippen molar-refractivity contribution in [1.29, 1.82) is 0 Å². The Morgan fingerprint density at radius 3 is 2.53 bits per heavy atom. The van der Waals surface area contributed by atoms with E-state index in [4.69, 9.17) is 10.5 Å². The monoisotopic (exact) mass is 209 g/mol. The molecule has 0 spiro atoms. The van der Waals surface area contributed by atoms with Crippen LogP contribution >= 0.6 is 0 Å². The van der Waals surface area contributed by atoms with Gasteiger partial charge in [-0.2, -0.15) is 0 Å². The number of nitrogen functional groups attached to an aromatic ring is 1. The zero-order chi connectivity index (χ0) is 11.4. The largest absolute Gasteiger partial charge is 0.384 e. The Bertz CT molecular complexity index is 326. The third-order valence-corrected chi connectivity index (χ3v) is 2.23. The minimum Gasteiger partial charge on any atom is -0.384 e. The molecule has 1 heterocycles. The Morgan fingerprint density at radius 1 is 1.33 bits per heavy atom. The highest BCUT2D eigenvalue weighted by Gasteiger charge is 2.12. The van der Waals surface area contributed by atoms with Crippen LogP contribution in [0.1, 0.15) is 44.1 Å². The van der Waals surface area contributed by atoms with Crippen molar-refractivity contribution < 1.29 is 4.74 Å². The second kappa shape index (κ2) is 5.07. The van der Waals surface area contributed by atoms with E-state index >= 15 is 0 Å². The van der Waals surface area contributed by atoms with Crippen molar-refractivity contribution >= 4 is 5.82 Å². The molecule has 1 rings (SSSR count). The molecule has 4 nitrogen and oxygen atoms in total. The summed E-state index contributed by atoms with van der Waals surface area (Å²) in [6.07, 6.45) is 0. The first kappa shape index (κ1) is 11.9. The first-order valence-corrected chi connectivity index (χ1v) is 5.18. The van der Waals surface area contributed by atoms with Gasteiger partial charge in [-0.15, -0.1) is 0 Å². The molecule has 2 N–H and O–H groups in total. The van der Waals surface area contributed by atoms with Crippen LogP contribution in [0.3, 0.4) is 0 Å². The number of anilines is 1. The average Bonchev–Trinajstić information content (AvgIpc) is 2.17. The highest BCUT2D eigenvalue weighted by atomic mass is 16.5. The van der Waals surface area contributed by atoms with Gasteiger partial charge >= 0.3 is 0 Å². The van der Waals surface area contributed by atoms with Gasteiger partial charge in [-0.05, 0) is 5.92 Å². The molecule has 1 aromatic rings. The molecule has 84 valence electrons. The molecule has 0 aliphatic heterocycles. The Kier molecular flexibility index (Phi) is 4.03. The number of aromatic nitrogens is 2. The normalized spacial score (nSPS) is 13.1. The van der Waals surface area contributed by atoms with Gasteiger partial charge < -0.3 is 10.5 Å². The standard InChI is InChI=1S/C11H19N3O/c1-7(2)9-5-10(12)14-11(13-9)8(3)6-15-4/h5,7-8H,6H2,1-4H3,(H2,12,13,14). The van der Waals surface area contributed by atoms with E-state index < -0.39 is 0 Å². The van der Waals surface area contributed by atoms with Crippen molar-refractivity contribution in [3.05, 3.63) is 17.6 Å². The van der Waals surface area contributed by atoms with Crippen LogP contribution in [0.4, 0.5) is 5.82 Å². The molecule has 1 atom stereocenters. The third kappa shape index (κ3) is 3.16. The summed E-state index contributed by atoms with van der Waals surface area (Å²) >= 11 is 0. The number of nitrogens with zero attached hydrogens (tertiary/aromatic N) is 2. The number of nitrogens with two attached hydrogens (primary N) is 1. The molecule has 1 aromatic heterocycles. The van der Waals surface area contributed by atoms with Gasteiger partial charge in [0.1, 0.15) is 11.6 Å². The van der Waals surface area contributed by atoms with Crippen LogP contribution in [0.2, 0.25) is 0 Å². The molecule has 0 fully saturated rings. The quantitative estimate of drug-likeness (QED) is 0.823. The molecule has 0 aromatic carbocycles. The highest BCUT2D eigenvalue weighted by Crippen LogP contribution is 2.18. The minimum atomic E-state index is 0.177. The van der Waals surface area contributed by atoms with Gasteiger partial charge in [-0.3, -0.25) is 0 Å². The summed E-state index contributed by atoms with van der Waals surface area (Å²) in [4.78, 5) is 8.70. The lowest BCUT2D eigenvalue weighted by Crippen LogP contribution is -2.10. The van der Waals surface area contributed by atoms with E-state index in [1.54, 1.807) is 7.11 Å². The average molecular weight is 209 g/mol. The summed E-state index contributed by atoms with van der Waals surface area (Å²) < 4.78 is 5.08. The number of hydrogen-bond donors (Lipinski definition) is 1. The molecule has 0 amide bonds. The summed E-state index contributed by atoms with van der Waals surface area (Å²) in [5.74, 6) is 1.84. The lowest BCUT2D eigenvalue weighted by molar-refractivity contribution is 0.181. The molecule has 15 heavy (non-hydrogen) atoms. The Labute approximate surface area is 90.9 Å². The van der Waals surface area contributed by atoms with E-state index in [0.29, 0.717) is 18.3 Å². The van der Waals surface area contributed by atoms with Crippen molar-refractivity contribution in [2.24, 2.45) is 0 Å². The molecule has 0 radical (unpaired) electrons. The van der Waals surface area contributed by atoms with Crippen molar-refractivity contribution in [3.8, 4) is 0 Å². The van der Waals surface area contributed by atoms with Gasteiger partial charge in [0.15, 0.2) is 0 Å². The van der Waals surface area contributed by atoms with E-state index in [2.05, 4.69) is 23.8 Å². The second-order valence-corrected chi connectivity index (χ2v) is 4.09. The summed E-state index contributed by atoms with van der Waals surface area (Å²) in [6.45, 7) is 6.82. The van der Waals surface area contributed by atoms with Crippen LogP contribution in [0.5, 0.6) is 0 Å². The van der Waals surface area contributed by atoms with E-state index in [1.165, 1.54) is 0 Å². The fourth-order valence-electron chi connectivity index (χ4n) is 1.35. The molecular weight excluding hydrogens is 190 g/mol. The fourth-order valence-corrected chi connectivity index (χ4v) is 1.35. The van der Waals surface area contributed by atoms with Gasteiger partial charge in [0.25, 0.3) is 0 Å². The molecular formula is C11H19N3O. The van der Waals surface area contributed by atoms with Crippen molar-refractivity contribution in [1.82, 2.24) is 9.97 Å². The Balaban J connectivity index is 2.98. The van der Waals surface area contributed by atoms with Gasteiger partial charge in [-0.1, -0.05) is 20.8 Å². The predicted octanol–water partition coefficient (Wildman–Crippen LogP) is 1.93. The molecule has 0 aliphatic rings. The van der Waals surface area contributed by atoms with E-state index in [1.807, 2.05) is 13.0 Å². The van der Waals surface area contributed by atoms with E-state index in [0.717, 1.165) is 11.5 Å². The predicted molar refractivity (Wildman–Crippen MR) is 60.8 cm³/mol. The van der Waals surface area contributed by atoms with Crippen LogP contribution in [0.15, 0.2) is 6.07 Å². The molecule has 0 bridgehead atoms.